The van der Waals surface area contributed by atoms with Crippen molar-refractivity contribution in [3.63, 3.8) is 0 Å². The van der Waals surface area contributed by atoms with E-state index < -0.39 is 35.4 Å². The summed E-state index contributed by atoms with van der Waals surface area (Å²) in [6.07, 6.45) is -6.87. The van der Waals surface area contributed by atoms with Crippen LogP contribution in [0.4, 0.5) is 13.2 Å². The molecule has 0 saturated carbocycles. The monoisotopic (exact) mass is 275 g/mol. The van der Waals surface area contributed by atoms with Crippen LogP contribution in [0.5, 0.6) is 0 Å². The number of β-amino-alcohol motifs (C(OH)–C–C–N with tert-alkyl or cyclic N) is 2. The number of likely N-dealkylation sites (tertiary alicyclic amines) is 1. The highest BCUT2D eigenvalue weighted by molar-refractivity contribution is 5.96. The Balaban J connectivity index is 2.30. The van der Waals surface area contributed by atoms with Gasteiger partial charge < -0.3 is 15.1 Å². The predicted molar refractivity (Wildman–Crippen MR) is 59.4 cm³/mol. The molecule has 2 N–H and O–H groups in total. The SMILES string of the molecule is O=C(c1ccccc1C(F)(F)F)N1C[C@@H](O)[C@@H](O)C1. The summed E-state index contributed by atoms with van der Waals surface area (Å²) < 4.78 is 38.3. The van der Waals surface area contributed by atoms with Gasteiger partial charge in [-0.15, -0.1) is 0 Å². The van der Waals surface area contributed by atoms with Crippen LogP contribution in [0.3, 0.4) is 0 Å². The summed E-state index contributed by atoms with van der Waals surface area (Å²) in [6.45, 7) is -0.349. The van der Waals surface area contributed by atoms with Gasteiger partial charge >= 0.3 is 6.18 Å². The minimum absolute atomic E-state index is 0.174. The molecule has 1 aliphatic rings. The van der Waals surface area contributed by atoms with Crippen LogP contribution in [0.1, 0.15) is 15.9 Å². The molecule has 0 radical (unpaired) electrons. The molecule has 1 saturated heterocycles. The Bertz CT molecular complexity index is 479. The summed E-state index contributed by atoms with van der Waals surface area (Å²) in [6, 6.07) is 4.46. The van der Waals surface area contributed by atoms with E-state index in [4.69, 9.17) is 0 Å². The van der Waals surface area contributed by atoms with Crippen LogP contribution in [0, 0.1) is 0 Å². The third-order valence-corrected chi connectivity index (χ3v) is 3.01. The topological polar surface area (TPSA) is 60.8 Å². The number of hydrogen-bond acceptors (Lipinski definition) is 3. The average Bonchev–Trinajstić information content (AvgIpc) is 2.68. The van der Waals surface area contributed by atoms with Crippen LogP contribution in [-0.4, -0.2) is 46.3 Å². The number of aliphatic hydroxyl groups excluding tert-OH is 2. The van der Waals surface area contributed by atoms with Crippen molar-refractivity contribution in [1.29, 1.82) is 0 Å². The second-order valence-electron chi connectivity index (χ2n) is 4.39. The number of rotatable bonds is 1. The first-order chi connectivity index (χ1) is 8.80. The molecule has 0 aromatic heterocycles. The fraction of sp³-hybridized carbons (Fsp3) is 0.417. The number of halogens is 3. The van der Waals surface area contributed by atoms with Gasteiger partial charge in [-0.2, -0.15) is 13.2 Å². The zero-order valence-electron chi connectivity index (χ0n) is 9.76. The third-order valence-electron chi connectivity index (χ3n) is 3.01. The largest absolute Gasteiger partial charge is 0.417 e. The molecule has 0 aliphatic carbocycles. The van der Waals surface area contributed by atoms with E-state index in [1.165, 1.54) is 12.1 Å². The molecule has 104 valence electrons. The van der Waals surface area contributed by atoms with E-state index >= 15 is 0 Å². The highest BCUT2D eigenvalue weighted by atomic mass is 19.4. The van der Waals surface area contributed by atoms with Gasteiger partial charge in [-0.3, -0.25) is 4.79 Å². The lowest BCUT2D eigenvalue weighted by molar-refractivity contribution is -0.138. The van der Waals surface area contributed by atoms with Gasteiger partial charge in [0, 0.05) is 13.1 Å². The molecule has 2 atom stereocenters. The molecule has 1 aromatic rings. The van der Waals surface area contributed by atoms with Gasteiger partial charge in [0.2, 0.25) is 0 Å². The highest BCUT2D eigenvalue weighted by Crippen LogP contribution is 2.32. The molecule has 1 aliphatic heterocycles. The van der Waals surface area contributed by atoms with Gasteiger partial charge in [0.1, 0.15) is 0 Å². The lowest BCUT2D eigenvalue weighted by Gasteiger charge is -2.18. The molecule has 1 aromatic carbocycles. The molecule has 0 spiro atoms. The van der Waals surface area contributed by atoms with Crippen LogP contribution in [0.25, 0.3) is 0 Å². The summed E-state index contributed by atoms with van der Waals surface area (Å²) in [4.78, 5) is 13.0. The fourth-order valence-corrected chi connectivity index (χ4v) is 2.02. The maximum atomic E-state index is 12.8. The van der Waals surface area contributed by atoms with Crippen LogP contribution in [-0.2, 0) is 6.18 Å². The Labute approximate surface area is 107 Å². The molecule has 0 unspecified atom stereocenters. The van der Waals surface area contributed by atoms with Crippen LogP contribution in [0.2, 0.25) is 0 Å². The molecule has 1 fully saturated rings. The summed E-state index contributed by atoms with van der Waals surface area (Å²) in [5.41, 5.74) is -1.49. The molecule has 7 heteroatoms. The van der Waals surface area contributed by atoms with Crippen LogP contribution < -0.4 is 0 Å². The Hall–Kier alpha value is -1.60. The van der Waals surface area contributed by atoms with Gasteiger partial charge in [-0.05, 0) is 12.1 Å². The maximum absolute atomic E-state index is 12.8. The molecular formula is C12H12F3NO3. The Morgan fingerprint density at radius 3 is 2.21 bits per heavy atom. The average molecular weight is 275 g/mol. The van der Waals surface area contributed by atoms with Gasteiger partial charge in [-0.25, -0.2) is 0 Å². The summed E-state index contributed by atoms with van der Waals surface area (Å²) in [5.74, 6) is -0.844. The standard InChI is InChI=1S/C12H12F3NO3/c13-12(14,15)8-4-2-1-3-7(8)11(19)16-5-9(17)10(18)6-16/h1-4,9-10,17-18H,5-6H2/t9-,10+. The zero-order valence-corrected chi connectivity index (χ0v) is 9.76. The van der Waals surface area contributed by atoms with Crippen molar-refractivity contribution in [2.45, 2.75) is 18.4 Å². The molecule has 19 heavy (non-hydrogen) atoms. The number of hydrogen-bond donors (Lipinski definition) is 2. The van der Waals surface area contributed by atoms with E-state index in [9.17, 15) is 28.2 Å². The van der Waals surface area contributed by atoms with Gasteiger partial charge in [0.15, 0.2) is 0 Å². The van der Waals surface area contributed by atoms with E-state index in [2.05, 4.69) is 0 Å². The van der Waals surface area contributed by atoms with E-state index in [1.54, 1.807) is 0 Å². The number of alkyl halides is 3. The van der Waals surface area contributed by atoms with Crippen molar-refractivity contribution >= 4 is 5.91 Å². The summed E-state index contributed by atoms with van der Waals surface area (Å²) in [5, 5.41) is 18.7. The predicted octanol–water partition coefficient (Wildman–Crippen LogP) is 0.883. The van der Waals surface area contributed by atoms with Gasteiger partial charge in [0.05, 0.1) is 23.3 Å². The van der Waals surface area contributed by atoms with Crippen molar-refractivity contribution in [1.82, 2.24) is 4.90 Å². The molecule has 1 heterocycles. The number of amides is 1. The molecular weight excluding hydrogens is 263 g/mol. The lowest BCUT2D eigenvalue weighted by atomic mass is 10.1. The van der Waals surface area contributed by atoms with E-state index in [0.29, 0.717) is 0 Å². The number of aliphatic hydroxyl groups is 2. The molecule has 1 amide bonds. The summed E-state index contributed by atoms with van der Waals surface area (Å²) in [7, 11) is 0. The summed E-state index contributed by atoms with van der Waals surface area (Å²) >= 11 is 0. The minimum Gasteiger partial charge on any atom is -0.388 e. The first-order valence-corrected chi connectivity index (χ1v) is 5.62. The first kappa shape index (κ1) is 13.8. The minimum atomic E-state index is -4.62. The van der Waals surface area contributed by atoms with Gasteiger partial charge in [0.25, 0.3) is 5.91 Å². The smallest absolute Gasteiger partial charge is 0.388 e. The van der Waals surface area contributed by atoms with E-state index in [0.717, 1.165) is 17.0 Å². The van der Waals surface area contributed by atoms with Gasteiger partial charge in [-0.1, -0.05) is 12.1 Å². The maximum Gasteiger partial charge on any atom is 0.417 e. The second-order valence-corrected chi connectivity index (χ2v) is 4.39. The highest BCUT2D eigenvalue weighted by Gasteiger charge is 2.38. The van der Waals surface area contributed by atoms with Crippen molar-refractivity contribution < 1.29 is 28.2 Å². The van der Waals surface area contributed by atoms with Crippen LogP contribution >= 0.6 is 0 Å². The van der Waals surface area contributed by atoms with Crippen molar-refractivity contribution in [2.24, 2.45) is 0 Å². The lowest BCUT2D eigenvalue weighted by Crippen LogP contribution is -2.31. The number of carbonyl (C=O) groups excluding carboxylic acids is 1. The molecule has 2 rings (SSSR count). The second kappa shape index (κ2) is 4.82. The fourth-order valence-electron chi connectivity index (χ4n) is 2.02. The normalized spacial score (nSPS) is 23.7. The van der Waals surface area contributed by atoms with E-state index in [-0.39, 0.29) is 13.1 Å². The number of benzene rings is 1. The first-order valence-electron chi connectivity index (χ1n) is 5.62. The Kier molecular flexibility index (Phi) is 3.51. The third kappa shape index (κ3) is 2.71. The van der Waals surface area contributed by atoms with E-state index in [1.807, 2.05) is 0 Å². The molecule has 0 bridgehead atoms. The molecule has 4 nitrogen and oxygen atoms in total. The Morgan fingerprint density at radius 2 is 1.68 bits per heavy atom. The van der Waals surface area contributed by atoms with Crippen molar-refractivity contribution in [2.75, 3.05) is 13.1 Å². The zero-order chi connectivity index (χ0) is 14.2. The van der Waals surface area contributed by atoms with Crippen molar-refractivity contribution in [3.8, 4) is 0 Å². The number of nitrogens with zero attached hydrogens (tertiary/aromatic N) is 1. The van der Waals surface area contributed by atoms with Crippen molar-refractivity contribution in [3.05, 3.63) is 35.4 Å². The Morgan fingerprint density at radius 1 is 1.16 bits per heavy atom. The van der Waals surface area contributed by atoms with Crippen LogP contribution in [0.15, 0.2) is 24.3 Å². The quantitative estimate of drug-likeness (QED) is 0.800. The number of carbonyl (C=O) groups is 1.